The molecular weight excluding hydrogens is 308 g/mol. The Balaban J connectivity index is 1.66. The smallest absolute Gasteiger partial charge is 0.0511 e. The third-order valence-electron chi connectivity index (χ3n) is 3.54. The first-order valence-electron chi connectivity index (χ1n) is 6.67. The lowest BCUT2D eigenvalue weighted by Crippen LogP contribution is -2.32. The van der Waals surface area contributed by atoms with E-state index in [1.54, 1.807) is 0 Å². The lowest BCUT2D eigenvalue weighted by molar-refractivity contribution is 0.687. The minimum atomic E-state index is 0.780. The van der Waals surface area contributed by atoms with Gasteiger partial charge in [0.1, 0.15) is 0 Å². The molecule has 1 saturated heterocycles. The fourth-order valence-corrected chi connectivity index (χ4v) is 3.85. The highest BCUT2D eigenvalue weighted by Gasteiger charge is 2.20. The Morgan fingerprint density at radius 2 is 2.06 bits per heavy atom. The van der Waals surface area contributed by atoms with E-state index in [4.69, 9.17) is 0 Å². The molecule has 1 aromatic rings. The molecule has 1 aliphatic heterocycles. The summed E-state index contributed by atoms with van der Waals surface area (Å²) in [5, 5.41) is 3.56. The molecule has 2 aliphatic rings. The molecule has 2 fully saturated rings. The topological polar surface area (TPSA) is 15.3 Å². The van der Waals surface area contributed by atoms with Gasteiger partial charge in [0.15, 0.2) is 0 Å². The maximum Gasteiger partial charge on any atom is 0.0511 e. The van der Waals surface area contributed by atoms with Crippen LogP contribution in [0.5, 0.6) is 0 Å². The normalized spacial score (nSPS) is 20.2. The number of thioether (sulfide) groups is 1. The molecule has 0 aromatic heterocycles. The van der Waals surface area contributed by atoms with Crippen LogP contribution in [0.2, 0.25) is 0 Å². The van der Waals surface area contributed by atoms with E-state index in [0.717, 1.165) is 12.6 Å². The number of benzene rings is 1. The molecule has 1 N–H and O–H groups in total. The van der Waals surface area contributed by atoms with E-state index in [-0.39, 0.29) is 0 Å². The van der Waals surface area contributed by atoms with E-state index in [1.807, 2.05) is 0 Å². The van der Waals surface area contributed by atoms with Crippen LogP contribution in [-0.2, 0) is 6.54 Å². The maximum atomic E-state index is 3.73. The number of hydrogen-bond acceptors (Lipinski definition) is 3. The van der Waals surface area contributed by atoms with Crippen molar-refractivity contribution in [3.63, 3.8) is 0 Å². The van der Waals surface area contributed by atoms with Crippen LogP contribution in [0.3, 0.4) is 0 Å². The molecule has 98 valence electrons. The zero-order chi connectivity index (χ0) is 12.4. The number of anilines is 1. The lowest BCUT2D eigenvalue weighted by Gasteiger charge is -2.29. The number of rotatable bonds is 4. The summed E-state index contributed by atoms with van der Waals surface area (Å²) in [5.41, 5.74) is 2.73. The van der Waals surface area contributed by atoms with E-state index < -0.39 is 0 Å². The van der Waals surface area contributed by atoms with E-state index in [2.05, 4.69) is 56.1 Å². The molecule has 0 radical (unpaired) electrons. The van der Waals surface area contributed by atoms with Gasteiger partial charge in [-0.1, -0.05) is 6.07 Å². The van der Waals surface area contributed by atoms with Crippen molar-refractivity contribution in [2.75, 3.05) is 29.5 Å². The van der Waals surface area contributed by atoms with Crippen LogP contribution < -0.4 is 10.2 Å². The molecule has 0 unspecified atom stereocenters. The molecule has 1 aromatic carbocycles. The van der Waals surface area contributed by atoms with Crippen LogP contribution in [-0.4, -0.2) is 30.6 Å². The van der Waals surface area contributed by atoms with Gasteiger partial charge in [0.25, 0.3) is 0 Å². The Bertz CT molecular complexity index is 414. The summed E-state index contributed by atoms with van der Waals surface area (Å²) in [4.78, 5) is 2.48. The van der Waals surface area contributed by atoms with Crippen LogP contribution in [0.25, 0.3) is 0 Å². The monoisotopic (exact) mass is 326 g/mol. The van der Waals surface area contributed by atoms with Crippen molar-refractivity contribution in [3.05, 3.63) is 28.2 Å². The summed E-state index contributed by atoms with van der Waals surface area (Å²) in [6.45, 7) is 3.34. The third-order valence-corrected chi connectivity index (χ3v) is 5.11. The van der Waals surface area contributed by atoms with Crippen molar-refractivity contribution in [2.24, 2.45) is 0 Å². The fraction of sp³-hybridized carbons (Fsp3) is 0.571. The predicted octanol–water partition coefficient (Wildman–Crippen LogP) is 3.25. The Hall–Kier alpha value is -0.190. The van der Waals surface area contributed by atoms with Crippen LogP contribution >= 0.6 is 27.7 Å². The van der Waals surface area contributed by atoms with Gasteiger partial charge in [0.05, 0.1) is 5.69 Å². The Morgan fingerprint density at radius 3 is 2.72 bits per heavy atom. The number of nitrogens with one attached hydrogen (secondary N) is 1. The standard InChI is InChI=1S/C14H19BrN2S/c15-13-9-11(10-16-12-2-3-12)1-4-14(13)17-5-7-18-8-6-17/h1,4,9,12,16H,2-3,5-8,10H2. The molecule has 0 amide bonds. The van der Waals surface area contributed by atoms with Gasteiger partial charge >= 0.3 is 0 Å². The van der Waals surface area contributed by atoms with Crippen LogP contribution in [0, 0.1) is 0 Å². The van der Waals surface area contributed by atoms with Crippen molar-refractivity contribution in [1.82, 2.24) is 5.32 Å². The van der Waals surface area contributed by atoms with Crippen molar-refractivity contribution in [1.29, 1.82) is 0 Å². The second kappa shape index (κ2) is 5.85. The molecule has 0 spiro atoms. The first-order chi connectivity index (χ1) is 8.83. The van der Waals surface area contributed by atoms with E-state index in [0.29, 0.717) is 0 Å². The first kappa shape index (κ1) is 12.8. The van der Waals surface area contributed by atoms with Gasteiger partial charge in [-0.2, -0.15) is 11.8 Å². The molecular formula is C14H19BrN2S. The average Bonchev–Trinajstić information content (AvgIpc) is 3.21. The molecule has 1 saturated carbocycles. The van der Waals surface area contributed by atoms with Crippen LogP contribution in [0.4, 0.5) is 5.69 Å². The Morgan fingerprint density at radius 1 is 1.28 bits per heavy atom. The van der Waals surface area contributed by atoms with Gasteiger partial charge in [-0.25, -0.2) is 0 Å². The van der Waals surface area contributed by atoms with E-state index in [9.17, 15) is 0 Å². The Kier molecular flexibility index (Phi) is 4.16. The molecule has 0 bridgehead atoms. The van der Waals surface area contributed by atoms with Gasteiger partial charge in [-0.05, 0) is 46.5 Å². The quantitative estimate of drug-likeness (QED) is 0.914. The van der Waals surface area contributed by atoms with Crippen molar-refractivity contribution in [3.8, 4) is 0 Å². The molecule has 2 nitrogen and oxygen atoms in total. The third kappa shape index (κ3) is 3.22. The van der Waals surface area contributed by atoms with Crippen molar-refractivity contribution < 1.29 is 0 Å². The largest absolute Gasteiger partial charge is 0.369 e. The van der Waals surface area contributed by atoms with Crippen LogP contribution in [0.15, 0.2) is 22.7 Å². The molecule has 1 aliphatic carbocycles. The van der Waals surface area contributed by atoms with E-state index in [1.165, 1.54) is 53.2 Å². The minimum Gasteiger partial charge on any atom is -0.369 e. The summed E-state index contributed by atoms with van der Waals surface area (Å²) in [6.07, 6.45) is 2.70. The second-order valence-electron chi connectivity index (χ2n) is 5.04. The molecule has 0 atom stereocenters. The number of nitrogens with zero attached hydrogens (tertiary/aromatic N) is 1. The molecule has 3 rings (SSSR count). The number of hydrogen-bond donors (Lipinski definition) is 1. The minimum absolute atomic E-state index is 0.780. The summed E-state index contributed by atoms with van der Waals surface area (Å²) in [7, 11) is 0. The summed E-state index contributed by atoms with van der Waals surface area (Å²) < 4.78 is 1.24. The summed E-state index contributed by atoms with van der Waals surface area (Å²) in [6, 6.07) is 7.58. The SMILES string of the molecule is Brc1cc(CNC2CC2)ccc1N1CCSCC1. The second-order valence-corrected chi connectivity index (χ2v) is 7.12. The van der Waals surface area contributed by atoms with Gasteiger partial charge in [-0.15, -0.1) is 0 Å². The Labute approximate surface area is 122 Å². The zero-order valence-electron chi connectivity index (χ0n) is 10.5. The molecule has 4 heteroatoms. The van der Waals surface area contributed by atoms with E-state index >= 15 is 0 Å². The van der Waals surface area contributed by atoms with Gasteiger partial charge < -0.3 is 10.2 Å². The highest BCUT2D eigenvalue weighted by atomic mass is 79.9. The summed E-state index contributed by atoms with van der Waals surface area (Å²) in [5.74, 6) is 2.49. The lowest BCUT2D eigenvalue weighted by atomic mass is 10.2. The van der Waals surface area contributed by atoms with Gasteiger partial charge in [-0.3, -0.25) is 0 Å². The van der Waals surface area contributed by atoms with Crippen LogP contribution in [0.1, 0.15) is 18.4 Å². The van der Waals surface area contributed by atoms with Crippen molar-refractivity contribution >= 4 is 33.4 Å². The van der Waals surface area contributed by atoms with Crippen molar-refractivity contribution in [2.45, 2.75) is 25.4 Å². The number of halogens is 1. The first-order valence-corrected chi connectivity index (χ1v) is 8.62. The maximum absolute atomic E-state index is 3.73. The predicted molar refractivity (Wildman–Crippen MR) is 83.5 cm³/mol. The fourth-order valence-electron chi connectivity index (χ4n) is 2.27. The zero-order valence-corrected chi connectivity index (χ0v) is 12.9. The van der Waals surface area contributed by atoms with Gasteiger partial charge in [0, 0.05) is 41.7 Å². The molecule has 1 heterocycles. The van der Waals surface area contributed by atoms with Gasteiger partial charge in [0.2, 0.25) is 0 Å². The highest BCUT2D eigenvalue weighted by Crippen LogP contribution is 2.29. The average molecular weight is 327 g/mol. The summed E-state index contributed by atoms with van der Waals surface area (Å²) >= 11 is 5.78. The molecule has 18 heavy (non-hydrogen) atoms. The highest BCUT2D eigenvalue weighted by molar-refractivity contribution is 9.10.